The number of ether oxygens (including phenoxy) is 14. The molecule has 4 aromatic carbocycles. The van der Waals surface area contributed by atoms with Crippen LogP contribution in [0.3, 0.4) is 0 Å². The van der Waals surface area contributed by atoms with Crippen molar-refractivity contribution in [2.24, 2.45) is 51.8 Å². The molecule has 12 rings (SSSR count). The smallest absolute Gasteiger partial charge is 0.119 e. The van der Waals surface area contributed by atoms with E-state index in [0.29, 0.717) is 130 Å². The minimum atomic E-state index is -0.741. The summed E-state index contributed by atoms with van der Waals surface area (Å²) < 4.78 is 80.6. The highest BCUT2D eigenvalue weighted by atomic mass is 16.6. The van der Waals surface area contributed by atoms with Crippen molar-refractivity contribution in [3.05, 3.63) is 119 Å². The van der Waals surface area contributed by atoms with Gasteiger partial charge in [0.15, 0.2) is 0 Å². The summed E-state index contributed by atoms with van der Waals surface area (Å²) in [6.07, 6.45) is 29.0. The quantitative estimate of drug-likeness (QED) is 0.0177. The predicted octanol–water partition coefficient (Wildman–Crippen LogP) is 16.6. The highest BCUT2D eigenvalue weighted by molar-refractivity contribution is 5.43. The van der Waals surface area contributed by atoms with Gasteiger partial charge in [-0.15, -0.1) is 0 Å². The van der Waals surface area contributed by atoms with Gasteiger partial charge in [0.1, 0.15) is 73.8 Å². The monoisotopic (exact) mass is 1670 g/mol. The summed E-state index contributed by atoms with van der Waals surface area (Å²) in [5.41, 5.74) is 5.43. The molecular formula is C99H156O20. The molecule has 6 saturated carbocycles. The number of hydrogen-bond acceptors (Lipinski definition) is 20. The summed E-state index contributed by atoms with van der Waals surface area (Å²) in [6.45, 7) is 31.5. The Morgan fingerprint density at radius 2 is 0.479 bits per heavy atom. The average Bonchev–Trinajstić information content (AvgIpc) is 1.72. The first-order chi connectivity index (χ1) is 57.4. The van der Waals surface area contributed by atoms with Crippen molar-refractivity contribution in [2.75, 3.05) is 132 Å². The van der Waals surface area contributed by atoms with Gasteiger partial charge in [0, 0.05) is 10.8 Å². The van der Waals surface area contributed by atoms with Crippen LogP contribution in [0.15, 0.2) is 97.1 Å². The van der Waals surface area contributed by atoms with Crippen molar-refractivity contribution in [2.45, 2.75) is 295 Å². The fourth-order valence-electron chi connectivity index (χ4n) is 20.1. The largest absolute Gasteiger partial charge is 0.491 e. The molecule has 119 heavy (non-hydrogen) atoms. The molecule has 8 fully saturated rings. The van der Waals surface area contributed by atoms with E-state index in [1.807, 2.05) is 48.5 Å². The van der Waals surface area contributed by atoms with Crippen molar-refractivity contribution in [1.82, 2.24) is 0 Å². The van der Waals surface area contributed by atoms with Crippen LogP contribution in [0.4, 0.5) is 0 Å². The zero-order valence-corrected chi connectivity index (χ0v) is 74.5. The Balaban J connectivity index is 0.000000248. The lowest BCUT2D eigenvalue weighted by Gasteiger charge is -2.46. The van der Waals surface area contributed by atoms with Crippen LogP contribution in [-0.4, -0.2) is 224 Å². The number of rotatable bonds is 46. The molecule has 2 heterocycles. The molecule has 0 spiro atoms. The van der Waals surface area contributed by atoms with E-state index in [9.17, 15) is 10.2 Å². The highest BCUT2D eigenvalue weighted by Crippen LogP contribution is 2.52. The Labute approximate surface area is 714 Å². The van der Waals surface area contributed by atoms with Crippen LogP contribution in [0, 0.1) is 51.8 Å². The van der Waals surface area contributed by atoms with Gasteiger partial charge < -0.3 is 97.0 Å². The lowest BCUT2D eigenvalue weighted by Crippen LogP contribution is -2.39. The molecule has 20 heteroatoms. The van der Waals surface area contributed by atoms with Gasteiger partial charge in [-0.3, -0.25) is 0 Å². The summed E-state index contributed by atoms with van der Waals surface area (Å²) >= 11 is 0. The molecule has 0 radical (unpaired) electrons. The Kier molecular flexibility index (Phi) is 39.6. The van der Waals surface area contributed by atoms with Crippen LogP contribution in [0.1, 0.15) is 246 Å². The average molecular weight is 1670 g/mol. The second-order valence-corrected chi connectivity index (χ2v) is 38.4. The molecule has 8 aliphatic rings. The molecule has 4 aromatic rings. The molecule has 0 aromatic heterocycles. The Hall–Kier alpha value is -4.56. The fraction of sp³-hybridized carbons (Fsp3) is 0.758. The predicted molar refractivity (Wildman–Crippen MR) is 465 cm³/mol. The van der Waals surface area contributed by atoms with E-state index in [1.54, 1.807) is 0 Å². The maximum absolute atomic E-state index is 10.6. The van der Waals surface area contributed by atoms with E-state index in [0.717, 1.165) is 137 Å². The molecule has 6 aliphatic carbocycles. The van der Waals surface area contributed by atoms with Gasteiger partial charge >= 0.3 is 0 Å². The number of aliphatic hydroxyl groups excluding tert-OH is 6. The van der Waals surface area contributed by atoms with Gasteiger partial charge in [-0.05, 0) is 277 Å². The zero-order chi connectivity index (χ0) is 84.7. The van der Waals surface area contributed by atoms with Crippen LogP contribution < -0.4 is 18.9 Å². The van der Waals surface area contributed by atoms with Crippen LogP contribution in [-0.2, 0) is 58.2 Å². The maximum Gasteiger partial charge on any atom is 0.119 e. The van der Waals surface area contributed by atoms with E-state index in [2.05, 4.69) is 118 Å². The lowest BCUT2D eigenvalue weighted by molar-refractivity contribution is -0.0552. The van der Waals surface area contributed by atoms with Crippen molar-refractivity contribution < 1.29 is 97.0 Å². The number of aliphatic hydroxyl groups is 6. The number of benzene rings is 4. The third-order valence-electron chi connectivity index (χ3n) is 28.8. The number of hydrogen-bond donors (Lipinski definition) is 6. The van der Waals surface area contributed by atoms with E-state index in [-0.39, 0.29) is 88.1 Å². The van der Waals surface area contributed by atoms with Gasteiger partial charge in [-0.2, -0.15) is 0 Å². The normalized spacial score (nSPS) is 26.9. The van der Waals surface area contributed by atoms with Crippen LogP contribution in [0.25, 0.3) is 0 Å². The van der Waals surface area contributed by atoms with Gasteiger partial charge in [0.2, 0.25) is 0 Å². The van der Waals surface area contributed by atoms with E-state index in [4.69, 9.17) is 86.7 Å². The summed E-state index contributed by atoms with van der Waals surface area (Å²) in [4.78, 5) is 0. The summed E-state index contributed by atoms with van der Waals surface area (Å²) in [6, 6.07) is 32.7. The molecular weight excluding hydrogens is 1510 g/mol. The van der Waals surface area contributed by atoms with Crippen molar-refractivity contribution in [1.29, 1.82) is 0 Å². The highest BCUT2D eigenvalue weighted by Gasteiger charge is 2.44. The molecule has 672 valence electrons. The van der Waals surface area contributed by atoms with Gasteiger partial charge in [-0.25, -0.2) is 0 Å². The first-order valence-electron chi connectivity index (χ1n) is 46.2. The van der Waals surface area contributed by atoms with Crippen molar-refractivity contribution in [3.8, 4) is 23.0 Å². The maximum atomic E-state index is 10.6. The Morgan fingerprint density at radius 3 is 0.681 bits per heavy atom. The van der Waals surface area contributed by atoms with Crippen molar-refractivity contribution in [3.63, 3.8) is 0 Å². The molecule has 0 amide bonds. The van der Waals surface area contributed by atoms with Crippen LogP contribution in [0.5, 0.6) is 23.0 Å². The summed E-state index contributed by atoms with van der Waals surface area (Å²) in [7, 11) is 0. The second kappa shape index (κ2) is 48.8. The minimum absolute atomic E-state index is 0.0870. The molecule has 6 N–H and O–H groups in total. The third-order valence-corrected chi connectivity index (χ3v) is 28.8. The zero-order valence-electron chi connectivity index (χ0n) is 74.5. The summed E-state index contributed by atoms with van der Waals surface area (Å²) in [5, 5.41) is 57.1. The fourth-order valence-corrected chi connectivity index (χ4v) is 20.1. The molecule has 0 bridgehead atoms. The van der Waals surface area contributed by atoms with E-state index >= 15 is 0 Å². The third kappa shape index (κ3) is 30.9. The molecule has 2 aliphatic heterocycles. The summed E-state index contributed by atoms with van der Waals surface area (Å²) in [5.74, 6) is 7.63. The lowest BCUT2D eigenvalue weighted by atomic mass is 9.60. The second-order valence-electron chi connectivity index (χ2n) is 38.4. The standard InChI is InChI=1S/C59H96O12.C21H24O4.C19H36O4/c1-57(2,43-7-19-51(20-8-43)66-33-31-60)45-11-23-53(24-12-45)68-37-35-64-39-49(62)41-70-55-27-15-47(16-28-55)59(5,6)48-17-29-56(30-18-48)71-42-50(63)40-65-36-38-69-54-25-13-46(14-26-54)58(3,4)44-9-21-52(22-10-44)67-34-32-61;1-21(2,15-3-7-17(8-4-15)22-11-19-13-24-19)16-5-9-18(10-6-16)23-12-20-14-25-20;1-19(2,15-3-7-17(8-4-15)22-13-11-20)16-5-9-18(10-6-16)23-14-12-21/h15-18,27-30,43-46,49-54,60-63H,7-14,19-26,31-42H2,1-6H3;3-10,19-20H,11-14H2,1-2H3;15-18,20-21H,3-14H2,1-2H3. The van der Waals surface area contributed by atoms with Crippen LogP contribution >= 0.6 is 0 Å². The van der Waals surface area contributed by atoms with E-state index < -0.39 is 12.2 Å². The Bertz CT molecular complexity index is 3130. The van der Waals surface area contributed by atoms with Crippen molar-refractivity contribution >= 4 is 0 Å². The first kappa shape index (κ1) is 96.6. The minimum Gasteiger partial charge on any atom is -0.491 e. The molecule has 20 nitrogen and oxygen atoms in total. The molecule has 2 saturated heterocycles. The molecule has 4 atom stereocenters. The SMILES string of the molecule is CC(C)(C1CCC(OCCO)CC1)C1CCC(OCCO)CC1.CC(C)(c1ccc(OCC(O)COCCOC2CCC(C(C)(C)C3CCC(OCCO)CC3)CC2)cc1)c1ccc(OCC(O)COCCOC2CCC(C(C)(C)C3CCC(OCCO)CC3)CC2)cc1.CC(C)(c1ccc(OCC2CO2)cc1)c1ccc(OCC2CO2)cc1. The topological polar surface area (TPSA) is 257 Å². The van der Waals surface area contributed by atoms with Gasteiger partial charge in [0.25, 0.3) is 0 Å². The Morgan fingerprint density at radius 1 is 0.277 bits per heavy atom. The van der Waals surface area contributed by atoms with E-state index in [1.165, 1.54) is 88.2 Å². The van der Waals surface area contributed by atoms with Crippen LogP contribution in [0.2, 0.25) is 0 Å². The molecule has 4 unspecified atom stereocenters. The first-order valence-corrected chi connectivity index (χ1v) is 46.2. The number of epoxide rings is 2. The van der Waals surface area contributed by atoms with Gasteiger partial charge in [0.05, 0.1) is 142 Å². The van der Waals surface area contributed by atoms with Gasteiger partial charge in [-0.1, -0.05) is 118 Å².